The lowest BCUT2D eigenvalue weighted by Gasteiger charge is -2.30. The fourth-order valence-corrected chi connectivity index (χ4v) is 5.45. The van der Waals surface area contributed by atoms with E-state index in [-0.39, 0.29) is 18.3 Å². The van der Waals surface area contributed by atoms with Gasteiger partial charge in [-0.2, -0.15) is 0 Å². The lowest BCUT2D eigenvalue weighted by Crippen LogP contribution is -2.35. The molecule has 1 aliphatic heterocycles. The molecule has 5 nitrogen and oxygen atoms in total. The van der Waals surface area contributed by atoms with Crippen molar-refractivity contribution in [1.82, 2.24) is 4.90 Å². The third-order valence-corrected chi connectivity index (χ3v) is 7.11. The van der Waals surface area contributed by atoms with Gasteiger partial charge in [0.15, 0.2) is 0 Å². The van der Waals surface area contributed by atoms with Gasteiger partial charge < -0.3 is 10.1 Å². The Labute approximate surface area is 199 Å². The molecule has 6 heteroatoms. The zero-order valence-electron chi connectivity index (χ0n) is 19.4. The summed E-state index contributed by atoms with van der Waals surface area (Å²) in [6.07, 6.45) is 1.03. The molecule has 0 saturated carbocycles. The van der Waals surface area contributed by atoms with Crippen molar-refractivity contribution in [2.24, 2.45) is 0 Å². The van der Waals surface area contributed by atoms with Crippen molar-refractivity contribution < 1.29 is 14.3 Å². The summed E-state index contributed by atoms with van der Waals surface area (Å²) < 4.78 is 5.33. The van der Waals surface area contributed by atoms with Gasteiger partial charge >= 0.3 is 5.97 Å². The summed E-state index contributed by atoms with van der Waals surface area (Å²) in [6.45, 7) is 8.15. The van der Waals surface area contributed by atoms with E-state index in [1.165, 1.54) is 11.3 Å². The van der Waals surface area contributed by atoms with Crippen LogP contribution in [0.5, 0.6) is 0 Å². The molecule has 1 aliphatic rings. The van der Waals surface area contributed by atoms with Crippen LogP contribution in [0.4, 0.5) is 5.00 Å². The molecule has 33 heavy (non-hydrogen) atoms. The predicted octanol–water partition coefficient (Wildman–Crippen LogP) is 5.54. The normalized spacial score (nSPS) is 13.6. The largest absolute Gasteiger partial charge is 0.462 e. The first-order valence-electron chi connectivity index (χ1n) is 11.5. The molecular weight excluding hydrogens is 432 g/mol. The molecule has 0 fully saturated rings. The van der Waals surface area contributed by atoms with E-state index in [4.69, 9.17) is 4.74 Å². The number of fused-ring (bicyclic) bond motifs is 1. The number of ether oxygens (including phenoxy) is 1. The number of anilines is 1. The number of amides is 1. The third-order valence-electron chi connectivity index (χ3n) is 5.97. The highest BCUT2D eigenvalue weighted by molar-refractivity contribution is 7.17. The summed E-state index contributed by atoms with van der Waals surface area (Å²) in [5.41, 5.74) is 4.75. The molecule has 1 amide bonds. The van der Waals surface area contributed by atoms with Crippen LogP contribution >= 0.6 is 11.3 Å². The van der Waals surface area contributed by atoms with Crippen molar-refractivity contribution in [3.05, 3.63) is 76.2 Å². The van der Waals surface area contributed by atoms with Gasteiger partial charge in [-0.3, -0.25) is 9.69 Å². The number of thiophene rings is 1. The fraction of sp³-hybridized carbons (Fsp3) is 0.333. The smallest absolute Gasteiger partial charge is 0.341 e. The Hall–Kier alpha value is -2.96. The molecule has 3 aromatic rings. The van der Waals surface area contributed by atoms with Crippen LogP contribution in [0.1, 0.15) is 47.1 Å². The first-order chi connectivity index (χ1) is 16.0. The Balaban J connectivity index is 1.51. The van der Waals surface area contributed by atoms with Gasteiger partial charge in [0, 0.05) is 24.0 Å². The van der Waals surface area contributed by atoms with E-state index in [2.05, 4.69) is 36.2 Å². The average molecular weight is 463 g/mol. The van der Waals surface area contributed by atoms with Gasteiger partial charge in [-0.05, 0) is 49.4 Å². The summed E-state index contributed by atoms with van der Waals surface area (Å²) in [5, 5.41) is 3.61. The lowest BCUT2D eigenvalue weighted by molar-refractivity contribution is -0.115. The minimum Gasteiger partial charge on any atom is -0.462 e. The number of rotatable bonds is 7. The van der Waals surface area contributed by atoms with E-state index < -0.39 is 0 Å². The van der Waals surface area contributed by atoms with Gasteiger partial charge in [0.1, 0.15) is 5.00 Å². The topological polar surface area (TPSA) is 58.6 Å². The van der Waals surface area contributed by atoms with Crippen LogP contribution in [0.15, 0.2) is 54.6 Å². The number of nitrogens with zero attached hydrogens (tertiary/aromatic N) is 1. The maximum Gasteiger partial charge on any atom is 0.341 e. The third kappa shape index (κ3) is 5.34. The first kappa shape index (κ1) is 23.2. The minimum absolute atomic E-state index is 0.132. The molecule has 1 aromatic heterocycles. The number of benzene rings is 2. The van der Waals surface area contributed by atoms with E-state index in [1.54, 1.807) is 6.92 Å². The van der Waals surface area contributed by atoms with Crippen molar-refractivity contribution in [2.45, 2.75) is 46.2 Å². The molecule has 0 atom stereocenters. The standard InChI is InChI=1S/C27H30N2O3S/c1-4-32-27(31)25-22-14-15-29(18(2)3)17-23(22)33-26(25)28-24(30)16-19-10-12-21(13-11-19)20-8-6-5-7-9-20/h5-13,18H,4,14-17H2,1-3H3,(H,28,30). The molecule has 172 valence electrons. The van der Waals surface area contributed by atoms with Crippen molar-refractivity contribution in [1.29, 1.82) is 0 Å². The van der Waals surface area contributed by atoms with Crippen molar-refractivity contribution >= 4 is 28.2 Å². The molecule has 0 bridgehead atoms. The second-order valence-corrected chi connectivity index (χ2v) is 9.64. The van der Waals surface area contributed by atoms with Crippen molar-refractivity contribution in [3.8, 4) is 11.1 Å². The second-order valence-electron chi connectivity index (χ2n) is 8.53. The van der Waals surface area contributed by atoms with Crippen LogP contribution in [0, 0.1) is 0 Å². The van der Waals surface area contributed by atoms with Crippen LogP contribution < -0.4 is 5.32 Å². The molecule has 2 aromatic carbocycles. The summed E-state index contributed by atoms with van der Waals surface area (Å²) >= 11 is 1.50. The monoisotopic (exact) mass is 462 g/mol. The molecule has 0 saturated heterocycles. The Morgan fingerprint density at radius 1 is 1.06 bits per heavy atom. The summed E-state index contributed by atoms with van der Waals surface area (Å²) in [5.74, 6) is -0.483. The Morgan fingerprint density at radius 3 is 2.42 bits per heavy atom. The summed E-state index contributed by atoms with van der Waals surface area (Å²) in [4.78, 5) is 29.2. The number of nitrogens with one attached hydrogen (secondary N) is 1. The highest BCUT2D eigenvalue weighted by Gasteiger charge is 2.30. The molecule has 0 radical (unpaired) electrons. The lowest BCUT2D eigenvalue weighted by atomic mass is 10.0. The van der Waals surface area contributed by atoms with Gasteiger partial charge in [0.05, 0.1) is 18.6 Å². The molecule has 0 unspecified atom stereocenters. The number of hydrogen-bond acceptors (Lipinski definition) is 5. The maximum atomic E-state index is 12.9. The molecule has 0 aliphatic carbocycles. The molecule has 2 heterocycles. The first-order valence-corrected chi connectivity index (χ1v) is 12.3. The summed E-state index contributed by atoms with van der Waals surface area (Å²) in [6, 6.07) is 18.6. The van der Waals surface area contributed by atoms with Gasteiger partial charge in [0.25, 0.3) is 0 Å². The van der Waals surface area contributed by atoms with Gasteiger partial charge in [-0.15, -0.1) is 11.3 Å². The highest BCUT2D eigenvalue weighted by atomic mass is 32.1. The summed E-state index contributed by atoms with van der Waals surface area (Å²) in [7, 11) is 0. The van der Waals surface area contributed by atoms with Crippen LogP contribution in [0.2, 0.25) is 0 Å². The van der Waals surface area contributed by atoms with Crippen molar-refractivity contribution in [2.75, 3.05) is 18.5 Å². The highest BCUT2D eigenvalue weighted by Crippen LogP contribution is 2.38. The van der Waals surface area contributed by atoms with Crippen LogP contribution in [-0.4, -0.2) is 36.0 Å². The zero-order chi connectivity index (χ0) is 23.4. The van der Waals surface area contributed by atoms with Crippen LogP contribution in [0.3, 0.4) is 0 Å². The molecule has 4 rings (SSSR count). The van der Waals surface area contributed by atoms with Gasteiger partial charge in [0.2, 0.25) is 5.91 Å². The molecule has 1 N–H and O–H groups in total. The van der Waals surface area contributed by atoms with E-state index >= 15 is 0 Å². The van der Waals surface area contributed by atoms with Crippen molar-refractivity contribution in [3.63, 3.8) is 0 Å². The van der Waals surface area contributed by atoms with Crippen LogP contribution in [0.25, 0.3) is 11.1 Å². The van der Waals surface area contributed by atoms with E-state index in [0.29, 0.717) is 23.2 Å². The Bertz CT molecular complexity index is 1120. The van der Waals surface area contributed by atoms with Gasteiger partial charge in [-0.25, -0.2) is 4.79 Å². The number of carbonyl (C=O) groups excluding carboxylic acids is 2. The zero-order valence-corrected chi connectivity index (χ0v) is 20.2. The maximum absolute atomic E-state index is 12.9. The van der Waals surface area contributed by atoms with Crippen LogP contribution in [-0.2, 0) is 28.9 Å². The predicted molar refractivity (Wildman–Crippen MR) is 134 cm³/mol. The Morgan fingerprint density at radius 2 is 1.76 bits per heavy atom. The number of hydrogen-bond donors (Lipinski definition) is 1. The number of esters is 1. The molecule has 0 spiro atoms. The molecular formula is C27H30N2O3S. The minimum atomic E-state index is -0.351. The fourth-order valence-electron chi connectivity index (χ4n) is 4.17. The number of carbonyl (C=O) groups is 2. The van der Waals surface area contributed by atoms with E-state index in [9.17, 15) is 9.59 Å². The Kier molecular flexibility index (Phi) is 7.26. The SMILES string of the molecule is CCOC(=O)c1c(NC(=O)Cc2ccc(-c3ccccc3)cc2)sc2c1CCN(C(C)C)C2. The average Bonchev–Trinajstić information content (AvgIpc) is 3.17. The quantitative estimate of drug-likeness (QED) is 0.469. The van der Waals surface area contributed by atoms with Gasteiger partial charge in [-0.1, -0.05) is 54.6 Å². The second kappa shape index (κ2) is 10.3. The van der Waals surface area contributed by atoms with E-state index in [0.717, 1.165) is 46.6 Å². The van der Waals surface area contributed by atoms with E-state index in [1.807, 2.05) is 42.5 Å².